The topological polar surface area (TPSA) is 104 Å². The summed E-state index contributed by atoms with van der Waals surface area (Å²) in [6.45, 7) is 0. The number of amides is 1. The number of aliphatic carboxylic acids is 1. The summed E-state index contributed by atoms with van der Waals surface area (Å²) in [5, 5.41) is 11.2. The number of hydrogen-bond acceptors (Lipinski definition) is 5. The van der Waals surface area contributed by atoms with Crippen molar-refractivity contribution in [2.45, 2.75) is 49.0 Å². The normalized spacial score (nSPS) is 14.2. The van der Waals surface area contributed by atoms with Gasteiger partial charge in [-0.25, -0.2) is 18.9 Å². The van der Waals surface area contributed by atoms with Crippen molar-refractivity contribution in [3.05, 3.63) is 94.5 Å². The summed E-state index contributed by atoms with van der Waals surface area (Å²) in [7, 11) is -3.74. The summed E-state index contributed by atoms with van der Waals surface area (Å²) < 4.78 is 26.3. The number of carboxylic acids is 1. The molecule has 0 spiro atoms. The van der Waals surface area contributed by atoms with Gasteiger partial charge in [-0.1, -0.05) is 54.1 Å². The molecule has 3 aromatic rings. The van der Waals surface area contributed by atoms with Gasteiger partial charge < -0.3 is 5.11 Å². The van der Waals surface area contributed by atoms with Crippen LogP contribution >= 0.6 is 11.6 Å². The highest BCUT2D eigenvalue weighted by molar-refractivity contribution is 7.91. The number of aryl methyl sites for hydroxylation is 2. The van der Waals surface area contributed by atoms with Gasteiger partial charge in [0.05, 0.1) is 22.8 Å². The Morgan fingerprint density at radius 3 is 2.38 bits per heavy atom. The number of nitrogens with one attached hydrogen (secondary N) is 1. The Kier molecular flexibility index (Phi) is 8.63. The van der Waals surface area contributed by atoms with Gasteiger partial charge in [0.25, 0.3) is 0 Å². The fraction of sp³-hybridized carbons (Fsp3) is 0.286. The Bertz CT molecular complexity index is 1360. The predicted octanol–water partition coefficient (Wildman–Crippen LogP) is 4.79. The fourth-order valence-corrected chi connectivity index (χ4v) is 6.09. The molecule has 9 heteroatoms. The van der Waals surface area contributed by atoms with Gasteiger partial charge in [0.1, 0.15) is 0 Å². The average Bonchev–Trinajstić information content (AvgIpc) is 3.70. The second-order valence-electron chi connectivity index (χ2n) is 9.29. The first-order valence-electron chi connectivity index (χ1n) is 12.1. The Labute approximate surface area is 222 Å². The third-order valence-electron chi connectivity index (χ3n) is 6.36. The van der Waals surface area contributed by atoms with Crippen LogP contribution in [0, 0.1) is 0 Å². The number of carbonyl (C=O) groups is 2. The van der Waals surface area contributed by atoms with Crippen molar-refractivity contribution in [3.63, 3.8) is 0 Å². The maximum Gasteiger partial charge on any atom is 0.303 e. The lowest BCUT2D eigenvalue weighted by Gasteiger charge is -2.19. The molecular formula is C28H29ClN2O5S. The van der Waals surface area contributed by atoms with Crippen LogP contribution in [0.1, 0.15) is 41.9 Å². The van der Waals surface area contributed by atoms with Gasteiger partial charge in [-0.05, 0) is 72.7 Å². The van der Waals surface area contributed by atoms with Crippen molar-refractivity contribution < 1.29 is 23.1 Å². The van der Waals surface area contributed by atoms with Crippen LogP contribution in [-0.4, -0.2) is 37.7 Å². The van der Waals surface area contributed by atoms with Crippen LogP contribution in [0.2, 0.25) is 5.02 Å². The van der Waals surface area contributed by atoms with Crippen molar-refractivity contribution in [1.29, 1.82) is 0 Å². The number of benzene rings is 3. The minimum absolute atomic E-state index is 0.147. The van der Waals surface area contributed by atoms with Gasteiger partial charge >= 0.3 is 5.97 Å². The van der Waals surface area contributed by atoms with E-state index in [9.17, 15) is 23.1 Å². The predicted molar refractivity (Wildman–Crippen MR) is 143 cm³/mol. The van der Waals surface area contributed by atoms with E-state index in [1.165, 1.54) is 5.01 Å². The molecule has 0 saturated heterocycles. The van der Waals surface area contributed by atoms with Crippen LogP contribution < -0.4 is 10.4 Å². The van der Waals surface area contributed by atoms with E-state index in [-0.39, 0.29) is 17.1 Å². The smallest absolute Gasteiger partial charge is 0.303 e. The Hall–Kier alpha value is -3.20. The molecule has 1 amide bonds. The maximum absolute atomic E-state index is 13.1. The molecule has 7 nitrogen and oxygen atoms in total. The summed E-state index contributed by atoms with van der Waals surface area (Å²) in [5.41, 5.74) is 6.52. The monoisotopic (exact) mass is 540 g/mol. The van der Waals surface area contributed by atoms with Crippen LogP contribution in [0.5, 0.6) is 0 Å². The van der Waals surface area contributed by atoms with Crippen molar-refractivity contribution in [2.24, 2.45) is 0 Å². The number of halogens is 1. The minimum Gasteiger partial charge on any atom is -0.481 e. The van der Waals surface area contributed by atoms with Gasteiger partial charge in [-0.15, -0.1) is 0 Å². The van der Waals surface area contributed by atoms with Crippen molar-refractivity contribution >= 4 is 39.5 Å². The number of carbonyl (C=O) groups excluding carboxylic acids is 1. The lowest BCUT2D eigenvalue weighted by atomic mass is 9.98. The molecule has 0 radical (unpaired) electrons. The number of anilines is 1. The molecule has 37 heavy (non-hydrogen) atoms. The van der Waals surface area contributed by atoms with Crippen LogP contribution in [0.25, 0.3) is 0 Å². The van der Waals surface area contributed by atoms with E-state index >= 15 is 0 Å². The lowest BCUT2D eigenvalue weighted by molar-refractivity contribution is -0.137. The highest BCUT2D eigenvalue weighted by Gasteiger charge is 2.26. The summed E-state index contributed by atoms with van der Waals surface area (Å²) in [6.07, 6.45) is 4.00. The minimum atomic E-state index is -3.74. The van der Waals surface area contributed by atoms with Gasteiger partial charge in [0.2, 0.25) is 6.41 Å². The first-order chi connectivity index (χ1) is 17.7. The van der Waals surface area contributed by atoms with E-state index < -0.39 is 21.7 Å². The molecule has 0 heterocycles. The molecular weight excluding hydrogens is 512 g/mol. The summed E-state index contributed by atoms with van der Waals surface area (Å²) in [5.74, 6) is -2.19. The molecule has 1 aliphatic rings. The van der Waals surface area contributed by atoms with E-state index in [2.05, 4.69) is 5.43 Å². The molecule has 0 aliphatic heterocycles. The Morgan fingerprint density at radius 2 is 1.73 bits per heavy atom. The molecule has 2 N–H and O–H groups in total. The number of nitrogens with zero attached hydrogens (tertiary/aromatic N) is 1. The first-order valence-corrected chi connectivity index (χ1v) is 14.2. The largest absolute Gasteiger partial charge is 0.481 e. The molecule has 1 atom stereocenters. The summed E-state index contributed by atoms with van der Waals surface area (Å²) in [4.78, 5) is 23.0. The maximum atomic E-state index is 13.1. The second kappa shape index (κ2) is 11.9. The zero-order valence-corrected chi connectivity index (χ0v) is 21.8. The molecule has 0 aromatic heterocycles. The number of carboxylic acid groups (broad SMARTS) is 1. The molecule has 194 valence electrons. The SMILES string of the molecule is O=CN(NC1CC1)c1cccc(CCc2ccc(S(=O)(=O)CC(CC(=O)O)c3ccccc3Cl)cc2)c1. The van der Waals surface area contributed by atoms with Crippen LogP contribution in [0.3, 0.4) is 0 Å². The van der Waals surface area contributed by atoms with Crippen LogP contribution in [0.4, 0.5) is 5.69 Å². The average molecular weight is 541 g/mol. The second-order valence-corrected chi connectivity index (χ2v) is 11.7. The van der Waals surface area contributed by atoms with Crippen molar-refractivity contribution in [3.8, 4) is 0 Å². The molecule has 1 unspecified atom stereocenters. The molecule has 4 rings (SSSR count). The molecule has 1 fully saturated rings. The van der Waals surface area contributed by atoms with Crippen molar-refractivity contribution in [2.75, 3.05) is 10.8 Å². The molecule has 0 bridgehead atoms. The van der Waals surface area contributed by atoms with E-state index in [0.29, 0.717) is 23.0 Å². The standard InChI is InChI=1S/C28H29ClN2O5S/c29-27-7-2-1-6-26(27)22(17-28(33)34)18-37(35,36)25-14-10-20(11-15-25)8-9-21-4-3-5-24(16-21)31(19-32)30-23-12-13-23/h1-7,10-11,14-16,19,22-23,30H,8-9,12-13,17-18H2,(H,33,34). The van der Waals surface area contributed by atoms with Crippen LogP contribution in [0.15, 0.2) is 77.7 Å². The zero-order chi connectivity index (χ0) is 26.4. The van der Waals surface area contributed by atoms with Gasteiger partial charge in [-0.3, -0.25) is 9.59 Å². The van der Waals surface area contributed by atoms with Gasteiger partial charge in [-0.2, -0.15) is 0 Å². The van der Waals surface area contributed by atoms with E-state index in [1.807, 2.05) is 24.3 Å². The third-order valence-corrected chi connectivity index (χ3v) is 8.54. The quantitative estimate of drug-likeness (QED) is 0.239. The fourth-order valence-electron chi connectivity index (χ4n) is 4.23. The van der Waals surface area contributed by atoms with E-state index in [4.69, 9.17) is 11.6 Å². The van der Waals surface area contributed by atoms with Gasteiger partial charge in [0.15, 0.2) is 9.84 Å². The van der Waals surface area contributed by atoms with E-state index in [1.54, 1.807) is 48.5 Å². The number of hydrogen-bond donors (Lipinski definition) is 2. The summed E-state index contributed by atoms with van der Waals surface area (Å²) in [6, 6.07) is 21.6. The van der Waals surface area contributed by atoms with Crippen LogP contribution in [-0.2, 0) is 32.3 Å². The first kappa shape index (κ1) is 26.9. The number of sulfone groups is 1. The molecule has 1 aliphatic carbocycles. The lowest BCUT2D eigenvalue weighted by Crippen LogP contribution is -2.38. The highest BCUT2D eigenvalue weighted by atomic mass is 35.5. The summed E-state index contributed by atoms with van der Waals surface area (Å²) >= 11 is 6.23. The van der Waals surface area contributed by atoms with Gasteiger partial charge in [0, 0.05) is 17.0 Å². The Morgan fingerprint density at radius 1 is 1.03 bits per heavy atom. The third kappa shape index (κ3) is 7.41. The zero-order valence-electron chi connectivity index (χ0n) is 20.2. The molecule has 1 saturated carbocycles. The van der Waals surface area contributed by atoms with Crippen molar-refractivity contribution in [1.82, 2.24) is 5.43 Å². The van der Waals surface area contributed by atoms with E-state index in [0.717, 1.165) is 42.5 Å². The highest BCUT2D eigenvalue weighted by Crippen LogP contribution is 2.30. The number of rotatable bonds is 13. The Balaban J connectivity index is 1.42. The molecule has 3 aromatic carbocycles. The number of hydrazine groups is 1.